The minimum atomic E-state index is -0.363. The number of amides is 1. The van der Waals surface area contributed by atoms with E-state index < -0.39 is 0 Å². The van der Waals surface area contributed by atoms with Gasteiger partial charge in [0.2, 0.25) is 0 Å². The number of aromatic nitrogens is 3. The van der Waals surface area contributed by atoms with Crippen LogP contribution in [0.25, 0.3) is 5.65 Å². The van der Waals surface area contributed by atoms with Gasteiger partial charge in [0.1, 0.15) is 11.2 Å². The number of rotatable bonds is 2. The van der Waals surface area contributed by atoms with Gasteiger partial charge in [0, 0.05) is 18.8 Å². The van der Waals surface area contributed by atoms with Crippen molar-refractivity contribution in [2.45, 2.75) is 25.8 Å². The number of carbonyl (C=O) groups is 1. The minimum Gasteiger partial charge on any atom is -0.331 e. The second-order valence-corrected chi connectivity index (χ2v) is 6.61. The number of hydrogen-bond donors (Lipinski definition) is 1. The van der Waals surface area contributed by atoms with Gasteiger partial charge in [0.25, 0.3) is 11.5 Å². The molecule has 1 saturated heterocycles. The topological polar surface area (TPSA) is 70.5 Å². The number of aryl methyl sites for hydroxylation is 1. The SMILES string of the molecule is Cc1cc2[nH]c(=O)c(C(=O)N3CCC[C@H]3c3ccsc3)cn2n1. The van der Waals surface area contributed by atoms with E-state index in [0.29, 0.717) is 12.2 Å². The van der Waals surface area contributed by atoms with Crippen LogP contribution in [0.3, 0.4) is 0 Å². The van der Waals surface area contributed by atoms with Crippen LogP contribution in [0.5, 0.6) is 0 Å². The van der Waals surface area contributed by atoms with Crippen LogP contribution in [-0.4, -0.2) is 31.9 Å². The van der Waals surface area contributed by atoms with Crippen molar-refractivity contribution in [3.63, 3.8) is 0 Å². The summed E-state index contributed by atoms with van der Waals surface area (Å²) in [5.41, 5.74) is 2.32. The molecule has 0 unspecified atom stereocenters. The van der Waals surface area contributed by atoms with E-state index in [9.17, 15) is 9.59 Å². The molecule has 0 spiro atoms. The number of nitrogens with one attached hydrogen (secondary N) is 1. The Morgan fingerprint density at radius 3 is 3.13 bits per heavy atom. The number of likely N-dealkylation sites (tertiary alicyclic amines) is 1. The molecular weight excluding hydrogens is 312 g/mol. The first-order chi connectivity index (χ1) is 11.1. The summed E-state index contributed by atoms with van der Waals surface area (Å²) in [6.45, 7) is 2.52. The van der Waals surface area contributed by atoms with Gasteiger partial charge in [0.05, 0.1) is 11.7 Å². The summed E-state index contributed by atoms with van der Waals surface area (Å²) < 4.78 is 1.56. The fourth-order valence-corrected chi connectivity index (χ4v) is 3.91. The predicted octanol–water partition coefficient (Wildman–Crippen LogP) is 2.37. The summed E-state index contributed by atoms with van der Waals surface area (Å²) in [6.07, 6.45) is 3.42. The molecular formula is C16H16N4O2S. The fraction of sp³-hybridized carbons (Fsp3) is 0.312. The van der Waals surface area contributed by atoms with E-state index in [1.807, 2.05) is 18.4 Å². The second kappa shape index (κ2) is 5.34. The molecule has 7 heteroatoms. The zero-order valence-electron chi connectivity index (χ0n) is 12.7. The number of hydrogen-bond acceptors (Lipinski definition) is 4. The highest BCUT2D eigenvalue weighted by atomic mass is 32.1. The lowest BCUT2D eigenvalue weighted by atomic mass is 10.1. The lowest BCUT2D eigenvalue weighted by Crippen LogP contribution is -2.34. The van der Waals surface area contributed by atoms with Gasteiger partial charge < -0.3 is 9.88 Å². The average molecular weight is 328 g/mol. The summed E-state index contributed by atoms with van der Waals surface area (Å²) in [5.74, 6) is -0.227. The molecule has 1 N–H and O–H groups in total. The molecule has 1 aliphatic rings. The Morgan fingerprint density at radius 2 is 2.35 bits per heavy atom. The Bertz CT molecular complexity index is 925. The third-order valence-electron chi connectivity index (χ3n) is 4.27. The monoisotopic (exact) mass is 328 g/mol. The molecule has 118 valence electrons. The van der Waals surface area contributed by atoms with Crippen molar-refractivity contribution in [3.05, 3.63) is 56.3 Å². The summed E-state index contributed by atoms with van der Waals surface area (Å²) in [4.78, 5) is 29.7. The molecule has 0 saturated carbocycles. The van der Waals surface area contributed by atoms with Crippen LogP contribution in [0.1, 0.15) is 40.5 Å². The van der Waals surface area contributed by atoms with E-state index in [1.165, 1.54) is 6.20 Å². The Morgan fingerprint density at radius 1 is 1.48 bits per heavy atom. The van der Waals surface area contributed by atoms with E-state index in [4.69, 9.17) is 0 Å². The molecule has 4 heterocycles. The van der Waals surface area contributed by atoms with Gasteiger partial charge in [-0.3, -0.25) is 9.59 Å². The van der Waals surface area contributed by atoms with E-state index in [2.05, 4.69) is 15.5 Å². The van der Waals surface area contributed by atoms with E-state index >= 15 is 0 Å². The van der Waals surface area contributed by atoms with Crippen LogP contribution >= 0.6 is 11.3 Å². The maximum Gasteiger partial charge on any atom is 0.264 e. The Hall–Kier alpha value is -2.41. The lowest BCUT2D eigenvalue weighted by Gasteiger charge is -2.23. The molecule has 1 aliphatic heterocycles. The third kappa shape index (κ3) is 2.37. The van der Waals surface area contributed by atoms with Gasteiger partial charge in [-0.2, -0.15) is 16.4 Å². The first-order valence-electron chi connectivity index (χ1n) is 7.56. The Balaban J connectivity index is 1.73. The number of aromatic amines is 1. The predicted molar refractivity (Wildman–Crippen MR) is 87.9 cm³/mol. The molecule has 23 heavy (non-hydrogen) atoms. The largest absolute Gasteiger partial charge is 0.331 e. The maximum atomic E-state index is 12.9. The van der Waals surface area contributed by atoms with Gasteiger partial charge in [-0.05, 0) is 42.2 Å². The van der Waals surface area contributed by atoms with Gasteiger partial charge in [-0.1, -0.05) is 0 Å². The number of fused-ring (bicyclic) bond motifs is 1. The number of carbonyl (C=O) groups excluding carboxylic acids is 1. The van der Waals surface area contributed by atoms with Gasteiger partial charge in [-0.15, -0.1) is 0 Å². The van der Waals surface area contributed by atoms with Crippen LogP contribution in [0, 0.1) is 6.92 Å². The second-order valence-electron chi connectivity index (χ2n) is 5.83. The van der Waals surface area contributed by atoms with Gasteiger partial charge in [-0.25, -0.2) is 4.52 Å². The molecule has 3 aromatic rings. The summed E-state index contributed by atoms with van der Waals surface area (Å²) in [5, 5.41) is 8.36. The van der Waals surface area contributed by atoms with Crippen LogP contribution < -0.4 is 5.56 Å². The molecule has 0 aromatic carbocycles. The smallest absolute Gasteiger partial charge is 0.264 e. The van der Waals surface area contributed by atoms with E-state index in [-0.39, 0.29) is 23.1 Å². The number of nitrogens with zero attached hydrogens (tertiary/aromatic N) is 3. The maximum absolute atomic E-state index is 12.9. The van der Waals surface area contributed by atoms with E-state index in [1.54, 1.807) is 26.8 Å². The normalized spacial score (nSPS) is 18.0. The average Bonchev–Trinajstić information content (AvgIpc) is 3.24. The molecule has 1 atom stereocenters. The zero-order chi connectivity index (χ0) is 16.0. The quantitative estimate of drug-likeness (QED) is 0.785. The Kier molecular flexibility index (Phi) is 3.30. The van der Waals surface area contributed by atoms with Crippen molar-refractivity contribution in [2.24, 2.45) is 0 Å². The first kappa shape index (κ1) is 14.2. The van der Waals surface area contributed by atoms with Crippen LogP contribution in [-0.2, 0) is 0 Å². The van der Waals surface area contributed by atoms with Crippen LogP contribution in [0.2, 0.25) is 0 Å². The van der Waals surface area contributed by atoms with Crippen LogP contribution in [0.4, 0.5) is 0 Å². The molecule has 6 nitrogen and oxygen atoms in total. The fourth-order valence-electron chi connectivity index (χ4n) is 3.20. The molecule has 1 fully saturated rings. The van der Waals surface area contributed by atoms with Crippen molar-refractivity contribution < 1.29 is 4.79 Å². The standard InChI is InChI=1S/C16H16N4O2S/c1-10-7-14-17-15(21)12(8-20(14)18-10)16(22)19-5-2-3-13(19)11-4-6-23-9-11/h4,6-9,13H,2-3,5H2,1H3,(H,17,21)/t13-/m0/s1. The summed E-state index contributed by atoms with van der Waals surface area (Å²) in [6, 6.07) is 3.88. The molecule has 4 rings (SSSR count). The molecule has 0 radical (unpaired) electrons. The van der Waals surface area contributed by atoms with Crippen molar-refractivity contribution >= 4 is 22.9 Å². The van der Waals surface area contributed by atoms with Gasteiger partial charge >= 0.3 is 0 Å². The summed E-state index contributed by atoms with van der Waals surface area (Å²) in [7, 11) is 0. The van der Waals surface area contributed by atoms with Crippen molar-refractivity contribution in [1.82, 2.24) is 19.5 Å². The molecule has 0 aliphatic carbocycles. The lowest BCUT2D eigenvalue weighted by molar-refractivity contribution is 0.0733. The Labute approximate surface area is 136 Å². The van der Waals surface area contributed by atoms with Crippen molar-refractivity contribution in [1.29, 1.82) is 0 Å². The highest BCUT2D eigenvalue weighted by molar-refractivity contribution is 7.08. The highest BCUT2D eigenvalue weighted by Gasteiger charge is 2.32. The van der Waals surface area contributed by atoms with E-state index in [0.717, 1.165) is 24.1 Å². The summed E-state index contributed by atoms with van der Waals surface area (Å²) >= 11 is 1.62. The molecule has 3 aromatic heterocycles. The van der Waals surface area contributed by atoms with Crippen molar-refractivity contribution in [2.75, 3.05) is 6.54 Å². The van der Waals surface area contributed by atoms with Crippen molar-refractivity contribution in [3.8, 4) is 0 Å². The number of thiophene rings is 1. The van der Waals surface area contributed by atoms with Gasteiger partial charge in [0.15, 0.2) is 0 Å². The zero-order valence-corrected chi connectivity index (χ0v) is 13.5. The molecule has 0 bridgehead atoms. The molecule has 1 amide bonds. The van der Waals surface area contributed by atoms with Crippen LogP contribution in [0.15, 0.2) is 33.9 Å². The number of H-pyrrole nitrogens is 1. The third-order valence-corrected chi connectivity index (χ3v) is 4.97. The first-order valence-corrected chi connectivity index (χ1v) is 8.50. The minimum absolute atomic E-state index is 0.0585. The highest BCUT2D eigenvalue weighted by Crippen LogP contribution is 2.33.